The number of para-hydroxylation sites is 1. The van der Waals surface area contributed by atoms with Gasteiger partial charge in [-0.1, -0.05) is 24.8 Å². The lowest BCUT2D eigenvalue weighted by Gasteiger charge is -2.01. The Morgan fingerprint density at radius 2 is 2.12 bits per heavy atom. The molecule has 0 radical (unpaired) electrons. The van der Waals surface area contributed by atoms with Crippen LogP contribution in [0.25, 0.3) is 5.69 Å². The van der Waals surface area contributed by atoms with Crippen LogP contribution in [0.3, 0.4) is 0 Å². The van der Waals surface area contributed by atoms with E-state index in [0.29, 0.717) is 18.5 Å². The largest absolute Gasteiger partial charge is 0.458 e. The quantitative estimate of drug-likeness (QED) is 0.604. The zero-order valence-electron chi connectivity index (χ0n) is 9.21. The van der Waals surface area contributed by atoms with E-state index < -0.39 is 0 Å². The second-order valence-electron chi connectivity index (χ2n) is 3.48. The fraction of sp³-hybridized carbons (Fsp3) is 0.167. The van der Waals surface area contributed by atoms with Crippen LogP contribution in [0.1, 0.15) is 0 Å². The highest BCUT2D eigenvalue weighted by molar-refractivity contribution is 6.19. The van der Waals surface area contributed by atoms with Gasteiger partial charge in [-0.2, -0.15) is 4.98 Å². The van der Waals surface area contributed by atoms with Gasteiger partial charge in [-0.3, -0.25) is 0 Å². The van der Waals surface area contributed by atoms with Crippen LogP contribution in [-0.2, 0) is 0 Å². The molecule has 1 aromatic heterocycles. The summed E-state index contributed by atoms with van der Waals surface area (Å²) in [5, 5.41) is 4.19. The number of alkyl halides is 1. The predicted octanol–water partition coefficient (Wildman–Crippen LogP) is 2.44. The molecule has 88 valence electrons. The number of halogens is 1. The fourth-order valence-corrected chi connectivity index (χ4v) is 1.30. The molecule has 0 aliphatic rings. The average Bonchev–Trinajstić information content (AvgIpc) is 2.86. The molecule has 0 aliphatic carbocycles. The minimum atomic E-state index is 0.320. The van der Waals surface area contributed by atoms with Crippen LogP contribution in [0.2, 0.25) is 0 Å². The number of aromatic nitrogens is 3. The highest BCUT2D eigenvalue weighted by atomic mass is 35.5. The molecule has 5 heteroatoms. The van der Waals surface area contributed by atoms with Gasteiger partial charge in [0.05, 0.1) is 5.69 Å². The van der Waals surface area contributed by atoms with Crippen molar-refractivity contribution in [1.29, 1.82) is 0 Å². The van der Waals surface area contributed by atoms with Gasteiger partial charge in [0.2, 0.25) is 0 Å². The second-order valence-corrected chi connectivity index (χ2v) is 3.75. The molecule has 2 aromatic rings. The van der Waals surface area contributed by atoms with Crippen LogP contribution in [0, 0.1) is 0 Å². The Morgan fingerprint density at radius 3 is 2.82 bits per heavy atom. The maximum Gasteiger partial charge on any atom is 0.336 e. The molecule has 0 fully saturated rings. The Kier molecular flexibility index (Phi) is 3.77. The molecule has 0 spiro atoms. The van der Waals surface area contributed by atoms with Gasteiger partial charge in [0, 0.05) is 5.88 Å². The van der Waals surface area contributed by atoms with Crippen molar-refractivity contribution >= 4 is 11.6 Å². The SMILES string of the molecule is C=C(CCl)COc1ncn(-c2ccccc2)n1. The maximum absolute atomic E-state index is 5.59. The maximum atomic E-state index is 5.59. The van der Waals surface area contributed by atoms with E-state index in [2.05, 4.69) is 16.7 Å². The zero-order chi connectivity index (χ0) is 12.1. The Labute approximate surface area is 105 Å². The number of ether oxygens (including phenoxy) is 1. The van der Waals surface area contributed by atoms with Crippen molar-refractivity contribution < 1.29 is 4.74 Å². The second kappa shape index (κ2) is 5.50. The van der Waals surface area contributed by atoms with Gasteiger partial charge in [0.25, 0.3) is 0 Å². The first-order valence-electron chi connectivity index (χ1n) is 5.12. The summed E-state index contributed by atoms with van der Waals surface area (Å²) in [6.45, 7) is 4.07. The summed E-state index contributed by atoms with van der Waals surface area (Å²) in [4.78, 5) is 4.04. The van der Waals surface area contributed by atoms with Gasteiger partial charge < -0.3 is 4.74 Å². The van der Waals surface area contributed by atoms with E-state index >= 15 is 0 Å². The smallest absolute Gasteiger partial charge is 0.336 e. The minimum absolute atomic E-state index is 0.320. The number of rotatable bonds is 5. The third-order valence-electron chi connectivity index (χ3n) is 2.09. The topological polar surface area (TPSA) is 39.9 Å². The highest BCUT2D eigenvalue weighted by Crippen LogP contribution is 2.08. The zero-order valence-corrected chi connectivity index (χ0v) is 9.97. The number of hydrogen-bond donors (Lipinski definition) is 0. The van der Waals surface area contributed by atoms with Crippen LogP contribution in [-0.4, -0.2) is 27.3 Å². The summed E-state index contributed by atoms with van der Waals surface area (Å²) in [6, 6.07) is 10.0. The lowest BCUT2D eigenvalue weighted by Crippen LogP contribution is -2.03. The fourth-order valence-electron chi connectivity index (χ4n) is 1.22. The number of nitrogens with zero attached hydrogens (tertiary/aromatic N) is 3. The Morgan fingerprint density at radius 1 is 1.35 bits per heavy atom. The Bertz CT molecular complexity index is 495. The lowest BCUT2D eigenvalue weighted by molar-refractivity contribution is 0.324. The standard InChI is InChI=1S/C12H12ClN3O/c1-10(7-13)8-17-12-14-9-16(15-12)11-5-3-2-4-6-11/h2-6,9H,1,7-8H2. The summed E-state index contributed by atoms with van der Waals surface area (Å²) in [5.74, 6) is 0.374. The molecule has 17 heavy (non-hydrogen) atoms. The summed E-state index contributed by atoms with van der Waals surface area (Å²) >= 11 is 5.59. The molecule has 0 unspecified atom stereocenters. The molecule has 0 N–H and O–H groups in total. The van der Waals surface area contributed by atoms with Crippen molar-refractivity contribution in [2.45, 2.75) is 0 Å². The molecule has 4 nitrogen and oxygen atoms in total. The summed E-state index contributed by atoms with van der Waals surface area (Å²) in [6.07, 6.45) is 1.61. The highest BCUT2D eigenvalue weighted by Gasteiger charge is 2.03. The van der Waals surface area contributed by atoms with Crippen molar-refractivity contribution in [2.24, 2.45) is 0 Å². The molecule has 0 atom stereocenters. The molecule has 1 aromatic carbocycles. The van der Waals surface area contributed by atoms with Gasteiger partial charge in [-0.25, -0.2) is 4.68 Å². The molecule has 0 saturated heterocycles. The van der Waals surface area contributed by atoms with Crippen LogP contribution in [0.4, 0.5) is 0 Å². The van der Waals surface area contributed by atoms with Gasteiger partial charge >= 0.3 is 6.01 Å². The molecular formula is C12H12ClN3O. The monoisotopic (exact) mass is 249 g/mol. The van der Waals surface area contributed by atoms with E-state index in [9.17, 15) is 0 Å². The molecular weight excluding hydrogens is 238 g/mol. The van der Waals surface area contributed by atoms with Crippen molar-refractivity contribution in [1.82, 2.24) is 14.8 Å². The van der Waals surface area contributed by atoms with E-state index in [1.54, 1.807) is 11.0 Å². The summed E-state index contributed by atoms with van der Waals surface area (Å²) in [7, 11) is 0. The van der Waals surface area contributed by atoms with Crippen LogP contribution in [0.15, 0.2) is 48.8 Å². The Balaban J connectivity index is 2.04. The van der Waals surface area contributed by atoms with Crippen LogP contribution < -0.4 is 4.74 Å². The normalized spacial score (nSPS) is 10.2. The van der Waals surface area contributed by atoms with E-state index in [1.165, 1.54) is 0 Å². The molecule has 0 amide bonds. The van der Waals surface area contributed by atoms with Crippen LogP contribution in [0.5, 0.6) is 6.01 Å². The molecule has 2 rings (SSSR count). The first-order valence-corrected chi connectivity index (χ1v) is 5.65. The molecule has 0 saturated carbocycles. The molecule has 0 bridgehead atoms. The van der Waals surface area contributed by atoms with E-state index in [-0.39, 0.29) is 0 Å². The van der Waals surface area contributed by atoms with Gasteiger partial charge in [-0.15, -0.1) is 16.7 Å². The number of hydrogen-bond acceptors (Lipinski definition) is 3. The Hall–Kier alpha value is -1.81. The van der Waals surface area contributed by atoms with Crippen molar-refractivity contribution in [3.8, 4) is 11.7 Å². The van der Waals surface area contributed by atoms with E-state index in [0.717, 1.165) is 11.3 Å². The minimum Gasteiger partial charge on any atom is -0.458 e. The third-order valence-corrected chi connectivity index (χ3v) is 2.46. The molecule has 0 aliphatic heterocycles. The van der Waals surface area contributed by atoms with Crippen LogP contribution >= 0.6 is 11.6 Å². The van der Waals surface area contributed by atoms with Gasteiger partial charge in [0.15, 0.2) is 0 Å². The van der Waals surface area contributed by atoms with Gasteiger partial charge in [-0.05, 0) is 17.7 Å². The lowest BCUT2D eigenvalue weighted by atomic mass is 10.3. The number of benzene rings is 1. The summed E-state index contributed by atoms with van der Waals surface area (Å²) in [5.41, 5.74) is 1.73. The van der Waals surface area contributed by atoms with E-state index in [4.69, 9.17) is 16.3 Å². The van der Waals surface area contributed by atoms with Crippen molar-refractivity contribution in [3.05, 3.63) is 48.8 Å². The van der Waals surface area contributed by atoms with Crippen molar-refractivity contribution in [3.63, 3.8) is 0 Å². The first-order chi connectivity index (χ1) is 8.29. The summed E-state index contributed by atoms with van der Waals surface area (Å²) < 4.78 is 6.99. The first kappa shape index (κ1) is 11.7. The van der Waals surface area contributed by atoms with E-state index in [1.807, 2.05) is 30.3 Å². The van der Waals surface area contributed by atoms with Crippen molar-refractivity contribution in [2.75, 3.05) is 12.5 Å². The average molecular weight is 250 g/mol. The predicted molar refractivity (Wildman–Crippen MR) is 66.7 cm³/mol. The third kappa shape index (κ3) is 3.07. The molecule has 1 heterocycles. The van der Waals surface area contributed by atoms with Gasteiger partial charge in [0.1, 0.15) is 12.9 Å².